The van der Waals surface area contributed by atoms with Crippen LogP contribution in [0, 0.1) is 0 Å². The second-order valence-corrected chi connectivity index (χ2v) is 14.8. The smallest absolute Gasteiger partial charge is 0.0656 e. The van der Waals surface area contributed by atoms with Gasteiger partial charge in [-0.2, -0.15) is 0 Å². The Bertz CT molecular complexity index is 1310. The minimum Gasteiger partial charge on any atom is -0.0656 e. The van der Waals surface area contributed by atoms with Crippen LogP contribution in [-0.4, -0.2) is 8.07 Å². The fourth-order valence-electron chi connectivity index (χ4n) is 5.69. The first-order chi connectivity index (χ1) is 14.5. The highest BCUT2D eigenvalue weighted by molar-refractivity contribution is 6.89. The summed E-state index contributed by atoms with van der Waals surface area (Å²) in [6.07, 6.45) is 1.05. The van der Waals surface area contributed by atoms with Crippen LogP contribution in [0.4, 0.5) is 0 Å². The Morgan fingerprint density at radius 3 is 2.07 bits per heavy atom. The molecule has 146 valence electrons. The predicted molar refractivity (Wildman–Crippen MR) is 130 cm³/mol. The molecule has 30 heavy (non-hydrogen) atoms. The molecule has 0 aliphatic heterocycles. The monoisotopic (exact) mass is 402 g/mol. The van der Waals surface area contributed by atoms with Gasteiger partial charge in [0.1, 0.15) is 0 Å². The van der Waals surface area contributed by atoms with E-state index in [1.165, 1.54) is 44.5 Å². The SMILES string of the molecule is C[Si](C)(C)c1cccc2c1C(c1cccc3c1Cc1ccccc1-3)c1ccccc1-2. The van der Waals surface area contributed by atoms with Crippen molar-refractivity contribution in [3.8, 4) is 22.3 Å². The highest BCUT2D eigenvalue weighted by Crippen LogP contribution is 2.51. The van der Waals surface area contributed by atoms with Crippen molar-refractivity contribution in [2.75, 3.05) is 0 Å². The third-order valence-electron chi connectivity index (χ3n) is 6.96. The van der Waals surface area contributed by atoms with Crippen LogP contribution >= 0.6 is 0 Å². The first-order valence-electron chi connectivity index (χ1n) is 11.0. The zero-order chi connectivity index (χ0) is 20.5. The van der Waals surface area contributed by atoms with E-state index in [1.54, 1.807) is 10.8 Å². The van der Waals surface area contributed by atoms with Crippen molar-refractivity contribution in [3.63, 3.8) is 0 Å². The average molecular weight is 403 g/mol. The first-order valence-corrected chi connectivity index (χ1v) is 14.5. The van der Waals surface area contributed by atoms with Gasteiger partial charge in [0.2, 0.25) is 0 Å². The number of benzene rings is 4. The lowest BCUT2D eigenvalue weighted by Gasteiger charge is -2.26. The summed E-state index contributed by atoms with van der Waals surface area (Å²) in [5.74, 6) is 0.336. The second kappa shape index (κ2) is 6.30. The summed E-state index contributed by atoms with van der Waals surface area (Å²) in [6.45, 7) is 7.44. The van der Waals surface area contributed by atoms with Gasteiger partial charge in [-0.3, -0.25) is 0 Å². The van der Waals surface area contributed by atoms with Crippen LogP contribution in [0.25, 0.3) is 22.3 Å². The number of hydrogen-bond acceptors (Lipinski definition) is 0. The van der Waals surface area contributed by atoms with E-state index < -0.39 is 8.07 Å². The average Bonchev–Trinajstić information content (AvgIpc) is 3.29. The molecule has 0 bridgehead atoms. The standard InChI is InChI=1S/C29H26Si/c1-30(2,3)27-17-9-16-24-22-12-6-7-13-23(22)28(29(24)27)25-15-8-14-21-20-11-5-4-10-19(20)18-26(21)25/h4-17,28H,18H2,1-3H3. The summed E-state index contributed by atoms with van der Waals surface area (Å²) in [5.41, 5.74) is 13.3. The van der Waals surface area contributed by atoms with E-state index in [1.807, 2.05) is 0 Å². The second-order valence-electron chi connectivity index (χ2n) is 9.74. The number of rotatable bonds is 2. The summed E-state index contributed by atoms with van der Waals surface area (Å²) < 4.78 is 0. The van der Waals surface area contributed by atoms with Crippen LogP contribution in [0.15, 0.2) is 84.9 Å². The molecule has 0 nitrogen and oxygen atoms in total. The van der Waals surface area contributed by atoms with Crippen molar-refractivity contribution in [1.82, 2.24) is 0 Å². The van der Waals surface area contributed by atoms with Gasteiger partial charge in [-0.05, 0) is 56.5 Å². The van der Waals surface area contributed by atoms with E-state index in [-0.39, 0.29) is 0 Å². The molecule has 0 N–H and O–H groups in total. The van der Waals surface area contributed by atoms with E-state index >= 15 is 0 Å². The summed E-state index contributed by atoms with van der Waals surface area (Å²) >= 11 is 0. The zero-order valence-corrected chi connectivity index (χ0v) is 18.9. The Labute approximate surface area is 180 Å². The maximum absolute atomic E-state index is 2.48. The van der Waals surface area contributed by atoms with E-state index in [0.717, 1.165) is 6.42 Å². The molecule has 0 radical (unpaired) electrons. The Hall–Kier alpha value is -2.90. The Balaban J connectivity index is 1.65. The van der Waals surface area contributed by atoms with Crippen molar-refractivity contribution in [1.29, 1.82) is 0 Å². The van der Waals surface area contributed by atoms with Crippen LogP contribution in [0.1, 0.15) is 33.7 Å². The predicted octanol–water partition coefficient (Wildman–Crippen LogP) is 6.96. The normalized spacial score (nSPS) is 16.0. The minimum absolute atomic E-state index is 0.336. The summed E-state index contributed by atoms with van der Waals surface area (Å²) in [7, 11) is -1.49. The minimum atomic E-state index is -1.49. The van der Waals surface area contributed by atoms with Crippen molar-refractivity contribution >= 4 is 13.3 Å². The molecule has 6 rings (SSSR count). The maximum Gasteiger partial charge on any atom is 0.0780 e. The van der Waals surface area contributed by atoms with Crippen LogP contribution in [0.5, 0.6) is 0 Å². The van der Waals surface area contributed by atoms with E-state index in [4.69, 9.17) is 0 Å². The molecule has 1 unspecified atom stereocenters. The van der Waals surface area contributed by atoms with Gasteiger partial charge in [-0.1, -0.05) is 110 Å². The fraction of sp³-hybridized carbons (Fsp3) is 0.172. The van der Waals surface area contributed by atoms with E-state index in [9.17, 15) is 0 Å². The number of hydrogen-bond donors (Lipinski definition) is 0. The lowest BCUT2D eigenvalue weighted by atomic mass is 9.85. The van der Waals surface area contributed by atoms with Gasteiger partial charge in [0.05, 0.1) is 8.07 Å². The molecule has 0 saturated heterocycles. The molecule has 0 saturated carbocycles. The van der Waals surface area contributed by atoms with Crippen LogP contribution in [0.3, 0.4) is 0 Å². The molecule has 4 aromatic carbocycles. The summed E-state index contributed by atoms with van der Waals surface area (Å²) in [5, 5.41) is 1.61. The largest absolute Gasteiger partial charge is 0.0780 e. The lowest BCUT2D eigenvalue weighted by Crippen LogP contribution is -2.40. The lowest BCUT2D eigenvalue weighted by molar-refractivity contribution is 0.992. The molecule has 4 aromatic rings. The van der Waals surface area contributed by atoms with Crippen LogP contribution < -0.4 is 5.19 Å². The summed E-state index contributed by atoms with van der Waals surface area (Å²) in [6, 6.07) is 32.0. The Kier molecular flexibility index (Phi) is 3.76. The summed E-state index contributed by atoms with van der Waals surface area (Å²) in [4.78, 5) is 0. The van der Waals surface area contributed by atoms with Crippen molar-refractivity contribution < 1.29 is 0 Å². The molecular weight excluding hydrogens is 376 g/mol. The third-order valence-corrected chi connectivity index (χ3v) is 9.01. The molecule has 0 heterocycles. The van der Waals surface area contributed by atoms with Gasteiger partial charge in [0.25, 0.3) is 0 Å². The molecule has 0 spiro atoms. The topological polar surface area (TPSA) is 0 Å². The van der Waals surface area contributed by atoms with Crippen LogP contribution in [0.2, 0.25) is 19.6 Å². The molecule has 1 atom stereocenters. The van der Waals surface area contributed by atoms with Gasteiger partial charge in [-0.25, -0.2) is 0 Å². The first kappa shape index (κ1) is 17.9. The van der Waals surface area contributed by atoms with E-state index in [2.05, 4.69) is 105 Å². The molecule has 2 aliphatic carbocycles. The molecule has 0 amide bonds. The number of fused-ring (bicyclic) bond motifs is 6. The highest BCUT2D eigenvalue weighted by Gasteiger charge is 2.37. The fourth-order valence-corrected chi connectivity index (χ4v) is 7.37. The molecule has 0 fully saturated rings. The molecule has 2 aliphatic rings. The zero-order valence-electron chi connectivity index (χ0n) is 17.9. The maximum atomic E-state index is 2.48. The molecule has 0 aromatic heterocycles. The molecular formula is C29H26Si. The third kappa shape index (κ3) is 2.45. The Morgan fingerprint density at radius 2 is 1.23 bits per heavy atom. The van der Waals surface area contributed by atoms with Crippen molar-refractivity contribution in [3.05, 3.63) is 113 Å². The highest BCUT2D eigenvalue weighted by atomic mass is 28.3. The quantitative estimate of drug-likeness (QED) is 0.275. The molecule has 1 heteroatoms. The Morgan fingerprint density at radius 1 is 0.600 bits per heavy atom. The van der Waals surface area contributed by atoms with Gasteiger partial charge in [0.15, 0.2) is 0 Å². The van der Waals surface area contributed by atoms with Crippen molar-refractivity contribution in [2.45, 2.75) is 32.0 Å². The van der Waals surface area contributed by atoms with E-state index in [0.29, 0.717) is 5.92 Å². The van der Waals surface area contributed by atoms with Crippen molar-refractivity contribution in [2.24, 2.45) is 0 Å². The van der Waals surface area contributed by atoms with Gasteiger partial charge >= 0.3 is 0 Å². The van der Waals surface area contributed by atoms with Gasteiger partial charge < -0.3 is 0 Å². The van der Waals surface area contributed by atoms with Crippen LogP contribution in [-0.2, 0) is 6.42 Å². The van der Waals surface area contributed by atoms with Gasteiger partial charge in [-0.15, -0.1) is 0 Å². The van der Waals surface area contributed by atoms with Gasteiger partial charge in [0, 0.05) is 5.92 Å².